The van der Waals surface area contributed by atoms with Gasteiger partial charge in [0.2, 0.25) is 0 Å². The number of carbonyl (C=O) groups excluding carboxylic acids is 1. The number of esters is 1. The highest BCUT2D eigenvalue weighted by Gasteiger charge is 2.10. The number of unbranched alkanes of at least 4 members (excludes halogenated alkanes) is 14. The molecule has 3 rings (SSSR count). The maximum absolute atomic E-state index is 12.3. The number of hydrogen-bond donors (Lipinski definition) is 0. The molecule has 0 N–H and O–H groups in total. The average Bonchev–Trinajstić information content (AvgIpc) is 2.90. The van der Waals surface area contributed by atoms with Crippen molar-refractivity contribution in [3.63, 3.8) is 0 Å². The molecule has 0 amide bonds. The molecule has 0 spiro atoms. The van der Waals surface area contributed by atoms with E-state index in [2.05, 4.69) is 19.1 Å². The van der Waals surface area contributed by atoms with Crippen LogP contribution in [0.15, 0.2) is 48.5 Å². The van der Waals surface area contributed by atoms with Crippen molar-refractivity contribution in [1.82, 2.24) is 4.98 Å². The Labute approximate surface area is 219 Å². The number of rotatable bonds is 19. The van der Waals surface area contributed by atoms with Gasteiger partial charge < -0.3 is 4.74 Å². The fourth-order valence-electron chi connectivity index (χ4n) is 5.18. The SMILES string of the molecule is CCCCCCCCCCCCCCCCCC(=O)OCCc1c2ccccc2nc2ccccc12. The number of nitrogens with zero attached hydrogens (tertiary/aromatic N) is 1. The van der Waals surface area contributed by atoms with E-state index in [4.69, 9.17) is 9.72 Å². The van der Waals surface area contributed by atoms with E-state index in [1.54, 1.807) is 0 Å². The zero-order chi connectivity index (χ0) is 25.3. The number of ether oxygens (including phenoxy) is 1. The van der Waals surface area contributed by atoms with Crippen molar-refractivity contribution in [3.8, 4) is 0 Å². The molecule has 0 aliphatic carbocycles. The highest BCUT2D eigenvalue weighted by molar-refractivity contribution is 5.97. The molecule has 0 fully saturated rings. The minimum Gasteiger partial charge on any atom is -0.465 e. The third-order valence-corrected chi connectivity index (χ3v) is 7.30. The summed E-state index contributed by atoms with van der Waals surface area (Å²) in [6.07, 6.45) is 21.3. The normalized spacial score (nSPS) is 11.4. The van der Waals surface area contributed by atoms with Gasteiger partial charge in [-0.15, -0.1) is 0 Å². The number of aromatic nitrogens is 1. The van der Waals surface area contributed by atoms with Crippen LogP contribution in [0.3, 0.4) is 0 Å². The third-order valence-electron chi connectivity index (χ3n) is 7.30. The molecule has 0 saturated heterocycles. The number of hydrogen-bond acceptors (Lipinski definition) is 3. The fourth-order valence-corrected chi connectivity index (χ4v) is 5.18. The Morgan fingerprint density at radius 3 is 1.58 bits per heavy atom. The van der Waals surface area contributed by atoms with Crippen molar-refractivity contribution in [1.29, 1.82) is 0 Å². The van der Waals surface area contributed by atoms with Gasteiger partial charge in [0, 0.05) is 23.6 Å². The van der Waals surface area contributed by atoms with Crippen molar-refractivity contribution < 1.29 is 9.53 Å². The molecule has 1 aromatic heterocycles. The zero-order valence-electron chi connectivity index (χ0n) is 22.6. The quantitative estimate of drug-likeness (QED) is 0.0955. The van der Waals surface area contributed by atoms with Gasteiger partial charge in [0.1, 0.15) is 0 Å². The lowest BCUT2D eigenvalue weighted by molar-refractivity contribution is -0.143. The van der Waals surface area contributed by atoms with Crippen LogP contribution in [-0.2, 0) is 16.0 Å². The fraction of sp³-hybridized carbons (Fsp3) is 0.576. The first-order valence-electron chi connectivity index (χ1n) is 14.7. The first-order chi connectivity index (χ1) is 17.8. The molecule has 0 unspecified atom stereocenters. The minimum absolute atomic E-state index is 0.0626. The van der Waals surface area contributed by atoms with Crippen LogP contribution in [0.4, 0.5) is 0 Å². The van der Waals surface area contributed by atoms with Gasteiger partial charge in [0.05, 0.1) is 17.6 Å². The Morgan fingerprint density at radius 1 is 0.639 bits per heavy atom. The van der Waals surface area contributed by atoms with Crippen molar-refractivity contribution in [2.24, 2.45) is 0 Å². The monoisotopic (exact) mass is 489 g/mol. The van der Waals surface area contributed by atoms with Gasteiger partial charge in [0.15, 0.2) is 0 Å². The van der Waals surface area contributed by atoms with Gasteiger partial charge in [-0.2, -0.15) is 0 Å². The summed E-state index contributed by atoms with van der Waals surface area (Å²) in [5, 5.41) is 2.30. The van der Waals surface area contributed by atoms with Crippen LogP contribution in [-0.4, -0.2) is 17.6 Å². The summed E-state index contributed by atoms with van der Waals surface area (Å²) < 4.78 is 5.60. The first kappa shape index (κ1) is 28.2. The topological polar surface area (TPSA) is 39.2 Å². The second-order valence-electron chi connectivity index (χ2n) is 10.3. The van der Waals surface area contributed by atoms with E-state index in [1.807, 2.05) is 36.4 Å². The summed E-state index contributed by atoms with van der Waals surface area (Å²) in [4.78, 5) is 17.0. The van der Waals surface area contributed by atoms with Gasteiger partial charge in [-0.25, -0.2) is 4.98 Å². The Morgan fingerprint density at radius 2 is 1.08 bits per heavy atom. The summed E-state index contributed by atoms with van der Waals surface area (Å²) in [5.74, 6) is -0.0626. The second-order valence-corrected chi connectivity index (χ2v) is 10.3. The maximum atomic E-state index is 12.3. The summed E-state index contributed by atoms with van der Waals surface area (Å²) in [5.41, 5.74) is 3.21. The number of carbonyl (C=O) groups is 1. The van der Waals surface area contributed by atoms with Crippen LogP contribution < -0.4 is 0 Å². The molecule has 36 heavy (non-hydrogen) atoms. The van der Waals surface area contributed by atoms with Crippen molar-refractivity contribution in [2.75, 3.05) is 6.61 Å². The van der Waals surface area contributed by atoms with Crippen LogP contribution in [0.2, 0.25) is 0 Å². The lowest BCUT2D eigenvalue weighted by atomic mass is 10.0. The molecule has 196 valence electrons. The lowest BCUT2D eigenvalue weighted by Crippen LogP contribution is -2.08. The largest absolute Gasteiger partial charge is 0.465 e. The Bertz CT molecular complexity index is 975. The smallest absolute Gasteiger partial charge is 0.305 e. The van der Waals surface area contributed by atoms with E-state index in [-0.39, 0.29) is 5.97 Å². The highest BCUT2D eigenvalue weighted by Crippen LogP contribution is 2.26. The third kappa shape index (κ3) is 9.91. The molecular weight excluding hydrogens is 442 g/mol. The minimum atomic E-state index is -0.0626. The Balaban J connectivity index is 1.22. The summed E-state index contributed by atoms with van der Waals surface area (Å²) in [6, 6.07) is 16.5. The van der Waals surface area contributed by atoms with Crippen LogP contribution in [0, 0.1) is 0 Å². The standard InChI is InChI=1S/C33H47NO2/c1-2-3-4-5-6-7-8-9-10-11-12-13-14-15-16-25-33(35)36-27-26-28-29-21-17-19-23-31(29)34-32-24-20-18-22-30(28)32/h17-24H,2-16,25-27H2,1H3. The summed E-state index contributed by atoms with van der Waals surface area (Å²) >= 11 is 0. The van der Waals surface area contributed by atoms with Crippen molar-refractivity contribution in [2.45, 2.75) is 116 Å². The molecule has 1 heterocycles. The van der Waals surface area contributed by atoms with E-state index >= 15 is 0 Å². The zero-order valence-corrected chi connectivity index (χ0v) is 22.6. The van der Waals surface area contributed by atoms with Gasteiger partial charge >= 0.3 is 5.97 Å². The highest BCUT2D eigenvalue weighted by atomic mass is 16.5. The molecule has 2 aromatic carbocycles. The molecule has 0 aliphatic heterocycles. The van der Waals surface area contributed by atoms with Crippen molar-refractivity contribution in [3.05, 3.63) is 54.1 Å². The average molecular weight is 490 g/mol. The van der Waals surface area contributed by atoms with Crippen LogP contribution in [0.5, 0.6) is 0 Å². The van der Waals surface area contributed by atoms with Crippen molar-refractivity contribution >= 4 is 27.8 Å². The number of para-hydroxylation sites is 2. The number of pyridine rings is 1. The van der Waals surface area contributed by atoms with Gasteiger partial charge in [0.25, 0.3) is 0 Å². The van der Waals surface area contributed by atoms with Gasteiger partial charge in [-0.3, -0.25) is 4.79 Å². The molecule has 0 saturated carbocycles. The molecule has 0 radical (unpaired) electrons. The molecular formula is C33H47NO2. The maximum Gasteiger partial charge on any atom is 0.305 e. The van der Waals surface area contributed by atoms with Gasteiger partial charge in [-0.1, -0.05) is 133 Å². The van der Waals surface area contributed by atoms with Crippen LogP contribution in [0.1, 0.15) is 115 Å². The second kappa shape index (κ2) is 17.1. The molecule has 3 aromatic rings. The molecule has 0 bridgehead atoms. The van der Waals surface area contributed by atoms with E-state index in [1.165, 1.54) is 89.0 Å². The molecule has 3 nitrogen and oxygen atoms in total. The number of fused-ring (bicyclic) bond motifs is 2. The predicted molar refractivity (Wildman–Crippen MR) is 153 cm³/mol. The lowest BCUT2D eigenvalue weighted by Gasteiger charge is -2.11. The predicted octanol–water partition coefficient (Wildman–Crippen LogP) is 9.74. The first-order valence-corrected chi connectivity index (χ1v) is 14.7. The Hall–Kier alpha value is -2.42. The summed E-state index contributed by atoms with van der Waals surface area (Å²) in [6.45, 7) is 2.71. The molecule has 0 aliphatic rings. The molecule has 0 atom stereocenters. The Kier molecular flexibility index (Phi) is 13.4. The van der Waals surface area contributed by atoms with Crippen LogP contribution >= 0.6 is 0 Å². The molecule has 3 heteroatoms. The van der Waals surface area contributed by atoms with E-state index in [0.29, 0.717) is 19.4 Å². The van der Waals surface area contributed by atoms with E-state index in [0.717, 1.165) is 34.6 Å². The van der Waals surface area contributed by atoms with E-state index in [9.17, 15) is 4.79 Å². The number of benzene rings is 2. The van der Waals surface area contributed by atoms with E-state index < -0.39 is 0 Å². The summed E-state index contributed by atoms with van der Waals surface area (Å²) in [7, 11) is 0. The van der Waals surface area contributed by atoms with Gasteiger partial charge in [-0.05, 0) is 24.1 Å². The van der Waals surface area contributed by atoms with Crippen LogP contribution in [0.25, 0.3) is 21.8 Å².